The molecule has 1 aromatic carbocycles. The van der Waals surface area contributed by atoms with Gasteiger partial charge in [0.15, 0.2) is 0 Å². The molecule has 0 aliphatic rings. The highest BCUT2D eigenvalue weighted by atomic mass is 19.4. The quantitative estimate of drug-likeness (QED) is 0.386. The van der Waals surface area contributed by atoms with Gasteiger partial charge in [0.05, 0.1) is 18.2 Å². The lowest BCUT2D eigenvalue weighted by atomic mass is 10.0. The van der Waals surface area contributed by atoms with E-state index >= 15 is 0 Å². The normalized spacial score (nSPS) is 12.4. The first-order valence-electron chi connectivity index (χ1n) is 11.2. The number of aromatic nitrogens is 1. The van der Waals surface area contributed by atoms with Crippen LogP contribution < -0.4 is 16.2 Å². The summed E-state index contributed by atoms with van der Waals surface area (Å²) in [4.78, 5) is 25.6. The van der Waals surface area contributed by atoms with Crippen molar-refractivity contribution in [1.29, 1.82) is 0 Å². The number of carbonyl (C=O) groups is 1. The van der Waals surface area contributed by atoms with Crippen LogP contribution in [0.4, 0.5) is 18.9 Å². The average molecular weight is 468 g/mol. The fraction of sp³-hybridized carbons (Fsp3) is 0.500. The summed E-state index contributed by atoms with van der Waals surface area (Å²) in [5.74, 6) is -2.28. The highest BCUT2D eigenvalue weighted by molar-refractivity contribution is 5.77. The minimum absolute atomic E-state index is 0.0236. The number of nitrogens with zero attached hydrogens (tertiary/aromatic N) is 1. The second kappa shape index (κ2) is 13.0. The molecule has 0 saturated carbocycles. The van der Waals surface area contributed by atoms with Crippen molar-refractivity contribution in [2.45, 2.75) is 51.7 Å². The Hall–Kier alpha value is -2.81. The number of anilines is 1. The lowest BCUT2D eigenvalue weighted by molar-refractivity contribution is -0.185. The van der Waals surface area contributed by atoms with Crippen LogP contribution in [0.1, 0.15) is 39.0 Å². The van der Waals surface area contributed by atoms with Crippen LogP contribution in [0.25, 0.3) is 11.3 Å². The van der Waals surface area contributed by atoms with Crippen LogP contribution in [0.5, 0.6) is 0 Å². The predicted octanol–water partition coefficient (Wildman–Crippen LogP) is 4.18. The smallest absolute Gasteiger partial charge is 0.394 e. The number of hydrogen-bond acceptors (Lipinski definition) is 4. The second-order valence-corrected chi connectivity index (χ2v) is 7.94. The molecule has 0 bridgehead atoms. The summed E-state index contributed by atoms with van der Waals surface area (Å²) in [5, 5.41) is 14.6. The molecule has 1 amide bonds. The number of carbonyl (C=O) groups excluding carboxylic acids is 1. The summed E-state index contributed by atoms with van der Waals surface area (Å²) in [6, 6.07) is 12.7. The number of aliphatic hydroxyl groups is 1. The largest absolute Gasteiger partial charge is 0.396 e. The number of hydrogen-bond donors (Lipinski definition) is 3. The third-order valence-electron chi connectivity index (χ3n) is 5.38. The summed E-state index contributed by atoms with van der Waals surface area (Å²) in [6.45, 7) is 1.52. The van der Waals surface area contributed by atoms with E-state index in [9.17, 15) is 22.8 Å². The van der Waals surface area contributed by atoms with Gasteiger partial charge in [-0.2, -0.15) is 13.2 Å². The molecular weight excluding hydrogens is 435 g/mol. The monoisotopic (exact) mass is 467 g/mol. The zero-order valence-corrected chi connectivity index (χ0v) is 18.8. The topological polar surface area (TPSA) is 83.4 Å². The van der Waals surface area contributed by atoms with Gasteiger partial charge < -0.3 is 15.7 Å². The number of nitrogens with one attached hydrogen (secondary N) is 2. The zero-order chi connectivity index (χ0) is 24.3. The SMILES string of the molecule is CCCCCNc1ccc(-c2ccccc2)n(CC(=O)NCCCC(CO)C(F)(F)F)c1=O. The first-order valence-corrected chi connectivity index (χ1v) is 11.2. The van der Waals surface area contributed by atoms with Gasteiger partial charge in [0, 0.05) is 13.1 Å². The van der Waals surface area contributed by atoms with E-state index < -0.39 is 24.6 Å². The van der Waals surface area contributed by atoms with Gasteiger partial charge in [0.1, 0.15) is 12.2 Å². The molecule has 1 aromatic heterocycles. The molecular formula is C24H32F3N3O3. The molecule has 182 valence electrons. The molecule has 0 aliphatic carbocycles. The van der Waals surface area contributed by atoms with Gasteiger partial charge in [-0.05, 0) is 37.0 Å². The number of halogens is 3. The zero-order valence-electron chi connectivity index (χ0n) is 18.8. The van der Waals surface area contributed by atoms with E-state index in [1.54, 1.807) is 12.1 Å². The number of benzene rings is 1. The van der Waals surface area contributed by atoms with E-state index in [2.05, 4.69) is 17.6 Å². The van der Waals surface area contributed by atoms with Crippen molar-refractivity contribution in [3.63, 3.8) is 0 Å². The number of amides is 1. The molecule has 2 aromatic rings. The first-order chi connectivity index (χ1) is 15.8. The van der Waals surface area contributed by atoms with Crippen molar-refractivity contribution in [3.8, 4) is 11.3 Å². The number of alkyl halides is 3. The Bertz CT molecular complexity index is 930. The van der Waals surface area contributed by atoms with E-state index in [0.29, 0.717) is 17.9 Å². The Labute approximate surface area is 191 Å². The Morgan fingerprint density at radius 2 is 1.79 bits per heavy atom. The Morgan fingerprint density at radius 1 is 1.06 bits per heavy atom. The molecule has 0 fully saturated rings. The van der Waals surface area contributed by atoms with Crippen molar-refractivity contribution in [2.75, 3.05) is 25.0 Å². The molecule has 2 rings (SSSR count). The van der Waals surface area contributed by atoms with Crippen LogP contribution in [0.3, 0.4) is 0 Å². The predicted molar refractivity (Wildman–Crippen MR) is 123 cm³/mol. The molecule has 3 N–H and O–H groups in total. The lowest BCUT2D eigenvalue weighted by Gasteiger charge is -2.18. The summed E-state index contributed by atoms with van der Waals surface area (Å²) in [5.41, 5.74) is 1.41. The van der Waals surface area contributed by atoms with Crippen molar-refractivity contribution in [2.24, 2.45) is 5.92 Å². The Kier molecular flexibility index (Phi) is 10.4. The Morgan fingerprint density at radius 3 is 2.42 bits per heavy atom. The van der Waals surface area contributed by atoms with Gasteiger partial charge in [-0.15, -0.1) is 0 Å². The fourth-order valence-corrected chi connectivity index (χ4v) is 3.46. The third-order valence-corrected chi connectivity index (χ3v) is 5.38. The highest BCUT2D eigenvalue weighted by Gasteiger charge is 2.38. The maximum atomic E-state index is 13.1. The van der Waals surface area contributed by atoms with Crippen LogP contribution in [-0.4, -0.2) is 41.5 Å². The van der Waals surface area contributed by atoms with Crippen molar-refractivity contribution >= 4 is 11.6 Å². The summed E-state index contributed by atoms with van der Waals surface area (Å²) < 4.78 is 39.5. The summed E-state index contributed by atoms with van der Waals surface area (Å²) in [6.07, 6.45) is -1.67. The van der Waals surface area contributed by atoms with E-state index in [4.69, 9.17) is 5.11 Å². The lowest BCUT2D eigenvalue weighted by Crippen LogP contribution is -2.35. The minimum atomic E-state index is -4.47. The minimum Gasteiger partial charge on any atom is -0.396 e. The third kappa shape index (κ3) is 8.24. The van der Waals surface area contributed by atoms with Crippen LogP contribution >= 0.6 is 0 Å². The van der Waals surface area contributed by atoms with E-state index in [-0.39, 0.29) is 31.5 Å². The molecule has 0 aliphatic heterocycles. The van der Waals surface area contributed by atoms with E-state index in [0.717, 1.165) is 24.8 Å². The standard InChI is InChI=1S/C24H32F3N3O3/c1-2-3-7-14-28-20-12-13-21(18-9-5-4-6-10-18)30(23(20)33)16-22(32)29-15-8-11-19(17-31)24(25,26)27/h4-6,9-10,12-13,19,28,31H,2-3,7-8,11,14-17H2,1H3,(H,29,32). The van der Waals surface area contributed by atoms with Gasteiger partial charge in [-0.1, -0.05) is 50.1 Å². The molecule has 0 radical (unpaired) electrons. The second-order valence-electron chi connectivity index (χ2n) is 7.94. The van der Waals surface area contributed by atoms with Crippen molar-refractivity contribution in [1.82, 2.24) is 9.88 Å². The highest BCUT2D eigenvalue weighted by Crippen LogP contribution is 2.29. The first kappa shape index (κ1) is 26.4. The van der Waals surface area contributed by atoms with Crippen LogP contribution in [-0.2, 0) is 11.3 Å². The summed E-state index contributed by atoms with van der Waals surface area (Å²) >= 11 is 0. The van der Waals surface area contributed by atoms with Gasteiger partial charge >= 0.3 is 6.18 Å². The van der Waals surface area contributed by atoms with Crippen molar-refractivity contribution in [3.05, 3.63) is 52.8 Å². The van der Waals surface area contributed by atoms with Crippen LogP contribution in [0.15, 0.2) is 47.3 Å². The van der Waals surface area contributed by atoms with Gasteiger partial charge in [-0.25, -0.2) is 0 Å². The molecule has 6 nitrogen and oxygen atoms in total. The molecule has 1 heterocycles. The Balaban J connectivity index is 2.10. The van der Waals surface area contributed by atoms with Crippen molar-refractivity contribution < 1.29 is 23.1 Å². The molecule has 0 spiro atoms. The molecule has 33 heavy (non-hydrogen) atoms. The maximum absolute atomic E-state index is 13.1. The van der Waals surface area contributed by atoms with E-state index in [1.165, 1.54) is 4.57 Å². The molecule has 9 heteroatoms. The fourth-order valence-electron chi connectivity index (χ4n) is 3.46. The number of rotatable bonds is 13. The van der Waals surface area contributed by atoms with Crippen LogP contribution in [0.2, 0.25) is 0 Å². The molecule has 0 saturated heterocycles. The van der Waals surface area contributed by atoms with Crippen LogP contribution in [0, 0.1) is 5.92 Å². The summed E-state index contributed by atoms with van der Waals surface area (Å²) in [7, 11) is 0. The average Bonchev–Trinajstić information content (AvgIpc) is 2.78. The van der Waals surface area contributed by atoms with Gasteiger partial charge in [0.2, 0.25) is 5.91 Å². The maximum Gasteiger partial charge on any atom is 0.394 e. The molecule has 1 atom stereocenters. The van der Waals surface area contributed by atoms with E-state index in [1.807, 2.05) is 30.3 Å². The van der Waals surface area contributed by atoms with Gasteiger partial charge in [0.25, 0.3) is 5.56 Å². The number of aliphatic hydroxyl groups excluding tert-OH is 1. The van der Waals surface area contributed by atoms with Gasteiger partial charge in [-0.3, -0.25) is 14.2 Å². The molecule has 1 unspecified atom stereocenters. The number of pyridine rings is 1. The number of unbranched alkanes of at least 4 members (excludes halogenated alkanes) is 2.